The van der Waals surface area contributed by atoms with Crippen molar-refractivity contribution < 1.29 is 4.15 Å². The molecule has 0 aliphatic heterocycles. The van der Waals surface area contributed by atoms with Crippen LogP contribution in [0.5, 0.6) is 0 Å². The Balaban J connectivity index is 3.54. The van der Waals surface area contributed by atoms with E-state index in [9.17, 15) is 0 Å². The summed E-state index contributed by atoms with van der Waals surface area (Å²) in [5.74, 6) is 0. The van der Waals surface area contributed by atoms with Crippen LogP contribution in [-0.2, 0) is 0 Å². The van der Waals surface area contributed by atoms with Gasteiger partial charge in [-0.15, -0.1) is 0 Å². The first-order valence-corrected chi connectivity index (χ1v) is 5.58. The Kier molecular flexibility index (Phi) is 2.02. The van der Waals surface area contributed by atoms with Gasteiger partial charge in [0.05, 0.1) is 21.1 Å². The molecule has 0 radical (unpaired) electrons. The molecule has 0 saturated carbocycles. The minimum absolute atomic E-state index is 0.421. The van der Waals surface area contributed by atoms with E-state index in [4.69, 9.17) is 0 Å². The molecule has 0 fully saturated rings. The summed E-state index contributed by atoms with van der Waals surface area (Å²) in [5.41, 5.74) is 0. The fourth-order valence-electron chi connectivity index (χ4n) is 0. The van der Waals surface area contributed by atoms with Crippen molar-refractivity contribution in [2.24, 2.45) is 0 Å². The second-order valence-corrected chi connectivity index (χ2v) is 6.95. The molecular formula is C5H16NSi+. The van der Waals surface area contributed by atoms with Gasteiger partial charge in [0.25, 0.3) is 8.96 Å². The van der Waals surface area contributed by atoms with Crippen LogP contribution in [0.15, 0.2) is 0 Å². The van der Waals surface area contributed by atoms with Gasteiger partial charge in [-0.2, -0.15) is 0 Å². The summed E-state index contributed by atoms with van der Waals surface area (Å²) < 4.78 is 1.19. The number of rotatable bonds is 1. The predicted molar refractivity (Wildman–Crippen MR) is 36.9 cm³/mol. The van der Waals surface area contributed by atoms with E-state index in [2.05, 4.69) is 34.2 Å². The smallest absolute Gasteiger partial charge is 0.263 e. The SMILES string of the molecule is C[SiH](C)[N+](C)(C)C. The number of hydrogen-bond acceptors (Lipinski definition) is 0. The van der Waals surface area contributed by atoms with Crippen LogP contribution in [0.4, 0.5) is 0 Å². The van der Waals surface area contributed by atoms with Crippen molar-refractivity contribution in [1.82, 2.24) is 0 Å². The first kappa shape index (κ1) is 7.18. The Morgan fingerprint density at radius 2 is 1.14 bits per heavy atom. The zero-order valence-electron chi connectivity index (χ0n) is 6.02. The average Bonchev–Trinajstić information content (AvgIpc) is 1.31. The standard InChI is InChI=1S/C5H16NSi/c1-6(2,3)7(4)5/h7H,1-5H3/q+1. The van der Waals surface area contributed by atoms with Crippen molar-refractivity contribution in [1.29, 1.82) is 0 Å². The number of quaternary nitrogens is 1. The molecule has 0 rings (SSSR count). The van der Waals surface area contributed by atoms with E-state index in [0.29, 0.717) is 0 Å². The minimum Gasteiger partial charge on any atom is -0.393 e. The van der Waals surface area contributed by atoms with Gasteiger partial charge in [0.1, 0.15) is 0 Å². The second kappa shape index (κ2) is 1.97. The monoisotopic (exact) mass is 118 g/mol. The van der Waals surface area contributed by atoms with Gasteiger partial charge in [-0.25, -0.2) is 0 Å². The van der Waals surface area contributed by atoms with Crippen LogP contribution in [0.25, 0.3) is 0 Å². The quantitative estimate of drug-likeness (QED) is 0.444. The van der Waals surface area contributed by atoms with E-state index in [-0.39, 0.29) is 0 Å². The summed E-state index contributed by atoms with van der Waals surface area (Å²) >= 11 is 0. The van der Waals surface area contributed by atoms with Gasteiger partial charge in [0, 0.05) is 0 Å². The van der Waals surface area contributed by atoms with Crippen LogP contribution in [0.3, 0.4) is 0 Å². The molecule has 0 aromatic rings. The molecule has 0 N–H and O–H groups in total. The third-order valence-corrected chi connectivity index (χ3v) is 4.65. The molecule has 1 nitrogen and oxygen atoms in total. The summed E-state index contributed by atoms with van der Waals surface area (Å²) in [4.78, 5) is 0. The molecule has 0 bridgehead atoms. The zero-order valence-corrected chi connectivity index (χ0v) is 7.18. The van der Waals surface area contributed by atoms with Gasteiger partial charge in [0.2, 0.25) is 0 Å². The maximum atomic E-state index is 2.36. The topological polar surface area (TPSA) is 0 Å². The summed E-state index contributed by atoms with van der Waals surface area (Å²) in [6, 6.07) is 0. The van der Waals surface area contributed by atoms with Gasteiger partial charge >= 0.3 is 0 Å². The summed E-state index contributed by atoms with van der Waals surface area (Å²) in [5, 5.41) is 0. The van der Waals surface area contributed by atoms with Gasteiger partial charge in [-0.05, 0) is 13.1 Å². The third-order valence-electron chi connectivity index (χ3n) is 1.55. The molecular weight excluding hydrogens is 102 g/mol. The minimum atomic E-state index is -0.421. The molecule has 0 saturated heterocycles. The molecule has 44 valence electrons. The highest BCUT2D eigenvalue weighted by atomic mass is 28.3. The van der Waals surface area contributed by atoms with Gasteiger partial charge < -0.3 is 4.15 Å². The largest absolute Gasteiger partial charge is 0.393 e. The molecule has 0 spiro atoms. The molecule has 0 aromatic heterocycles. The Morgan fingerprint density at radius 1 is 1.00 bits per heavy atom. The molecule has 0 atom stereocenters. The molecule has 7 heavy (non-hydrogen) atoms. The highest BCUT2D eigenvalue weighted by Gasteiger charge is 2.13. The van der Waals surface area contributed by atoms with Crippen LogP contribution in [0, 0.1) is 0 Å². The third kappa shape index (κ3) is 2.82. The second-order valence-electron chi connectivity index (χ2n) is 3.21. The molecule has 0 unspecified atom stereocenters. The number of nitrogens with zero attached hydrogens (tertiary/aromatic N) is 1. The van der Waals surface area contributed by atoms with Crippen LogP contribution < -0.4 is 0 Å². The van der Waals surface area contributed by atoms with Crippen molar-refractivity contribution in [3.8, 4) is 0 Å². The molecule has 0 heterocycles. The van der Waals surface area contributed by atoms with E-state index >= 15 is 0 Å². The molecule has 0 aliphatic carbocycles. The lowest BCUT2D eigenvalue weighted by Gasteiger charge is -2.28. The molecule has 2 heteroatoms. The lowest BCUT2D eigenvalue weighted by atomic mass is 11.0. The lowest BCUT2D eigenvalue weighted by molar-refractivity contribution is -0.761. The highest BCUT2D eigenvalue weighted by molar-refractivity contribution is 6.47. The Bertz CT molecular complexity index is 53.6. The van der Waals surface area contributed by atoms with Crippen LogP contribution in [-0.4, -0.2) is 34.2 Å². The fraction of sp³-hybridized carbons (Fsp3) is 1.00. The fourth-order valence-corrected chi connectivity index (χ4v) is 0. The van der Waals surface area contributed by atoms with Crippen LogP contribution in [0.1, 0.15) is 0 Å². The van der Waals surface area contributed by atoms with Crippen molar-refractivity contribution in [2.45, 2.75) is 13.1 Å². The maximum Gasteiger partial charge on any atom is 0.263 e. The summed E-state index contributed by atoms with van der Waals surface area (Å²) in [6.45, 7) is 4.72. The first-order chi connectivity index (χ1) is 2.94. The van der Waals surface area contributed by atoms with Crippen molar-refractivity contribution >= 4 is 8.96 Å². The van der Waals surface area contributed by atoms with Gasteiger partial charge in [-0.3, -0.25) is 0 Å². The number of hydrogen-bond donors (Lipinski definition) is 0. The van der Waals surface area contributed by atoms with E-state index in [1.165, 1.54) is 4.15 Å². The Labute approximate surface area is 48.2 Å². The van der Waals surface area contributed by atoms with E-state index in [0.717, 1.165) is 0 Å². The molecule has 0 aromatic carbocycles. The van der Waals surface area contributed by atoms with Crippen molar-refractivity contribution in [2.75, 3.05) is 21.1 Å². The first-order valence-electron chi connectivity index (χ1n) is 2.75. The Hall–Kier alpha value is 0.177. The maximum absolute atomic E-state index is 2.36. The van der Waals surface area contributed by atoms with Crippen molar-refractivity contribution in [3.05, 3.63) is 0 Å². The van der Waals surface area contributed by atoms with Gasteiger partial charge in [-0.1, -0.05) is 0 Å². The molecule has 0 aliphatic rings. The van der Waals surface area contributed by atoms with E-state index in [1.54, 1.807) is 0 Å². The highest BCUT2D eigenvalue weighted by Crippen LogP contribution is 1.94. The van der Waals surface area contributed by atoms with Gasteiger partial charge in [0.15, 0.2) is 0 Å². The van der Waals surface area contributed by atoms with Crippen LogP contribution in [0.2, 0.25) is 13.1 Å². The van der Waals surface area contributed by atoms with E-state index < -0.39 is 8.96 Å². The summed E-state index contributed by atoms with van der Waals surface area (Å²) in [7, 11) is 6.36. The summed E-state index contributed by atoms with van der Waals surface area (Å²) in [6.07, 6.45) is 0. The molecule has 0 amide bonds. The zero-order chi connectivity index (χ0) is 6.08. The van der Waals surface area contributed by atoms with E-state index in [1.807, 2.05) is 0 Å². The Morgan fingerprint density at radius 3 is 1.14 bits per heavy atom. The lowest BCUT2D eigenvalue weighted by Crippen LogP contribution is -2.44. The van der Waals surface area contributed by atoms with Crippen LogP contribution >= 0.6 is 0 Å². The predicted octanol–water partition coefficient (Wildman–Crippen LogP) is 0.676. The normalized spacial score (nSPS) is 12.9. The average molecular weight is 118 g/mol. The van der Waals surface area contributed by atoms with Crippen molar-refractivity contribution in [3.63, 3.8) is 0 Å².